The summed E-state index contributed by atoms with van der Waals surface area (Å²) in [7, 11) is 1.48. The first-order valence-corrected chi connectivity index (χ1v) is 7.04. The van der Waals surface area contributed by atoms with E-state index in [2.05, 4.69) is 16.2 Å². The molecule has 0 aliphatic carbocycles. The van der Waals surface area contributed by atoms with Crippen molar-refractivity contribution in [1.82, 2.24) is 10.9 Å². The molecule has 0 bridgehead atoms. The van der Waals surface area contributed by atoms with Crippen molar-refractivity contribution >= 4 is 35.0 Å². The van der Waals surface area contributed by atoms with Gasteiger partial charge in [0.25, 0.3) is 11.8 Å². The molecule has 8 heteroatoms. The smallest absolute Gasteiger partial charge is 0.251 e. The molecule has 0 unspecified atom stereocenters. The van der Waals surface area contributed by atoms with Gasteiger partial charge in [0.2, 0.25) is 5.91 Å². The number of ether oxygens (including phenoxy) is 1. The molecule has 22 heavy (non-hydrogen) atoms. The Kier molecular flexibility index (Phi) is 4.87. The number of amides is 3. The third kappa shape index (κ3) is 3.48. The van der Waals surface area contributed by atoms with Crippen molar-refractivity contribution in [2.24, 2.45) is 5.92 Å². The zero-order chi connectivity index (χ0) is 16.3. The number of methoxy groups -OCH3 is 1. The van der Waals surface area contributed by atoms with Gasteiger partial charge in [0.05, 0.1) is 12.8 Å². The zero-order valence-corrected chi connectivity index (χ0v) is 12.9. The Bertz CT molecular complexity index is 617. The van der Waals surface area contributed by atoms with Crippen molar-refractivity contribution in [2.75, 3.05) is 12.4 Å². The molecule has 3 N–H and O–H groups in total. The molecule has 1 fully saturated rings. The Morgan fingerprint density at radius 1 is 1.32 bits per heavy atom. The van der Waals surface area contributed by atoms with Crippen LogP contribution in [-0.4, -0.2) is 24.8 Å². The van der Waals surface area contributed by atoms with Crippen LogP contribution in [0.5, 0.6) is 5.75 Å². The second kappa shape index (κ2) is 6.65. The molecule has 2 rings (SSSR count). The molecule has 1 aliphatic heterocycles. The normalized spacial score (nSPS) is 14.5. The number of hydrazine groups is 1. The van der Waals surface area contributed by atoms with Crippen molar-refractivity contribution in [1.29, 1.82) is 0 Å². The second-order valence-corrected chi connectivity index (χ2v) is 5.33. The number of rotatable bonds is 5. The summed E-state index contributed by atoms with van der Waals surface area (Å²) in [5, 5.41) is 3.23. The second-order valence-electron chi connectivity index (χ2n) is 4.92. The van der Waals surface area contributed by atoms with E-state index in [0.717, 1.165) is 5.56 Å². The number of hydrogen-bond donors (Lipinski definition) is 3. The van der Waals surface area contributed by atoms with Crippen LogP contribution in [0.1, 0.15) is 18.4 Å². The van der Waals surface area contributed by atoms with E-state index < -0.39 is 17.7 Å². The van der Waals surface area contributed by atoms with Gasteiger partial charge in [-0.05, 0) is 25.0 Å². The van der Waals surface area contributed by atoms with E-state index >= 15 is 0 Å². The Morgan fingerprint density at radius 3 is 2.55 bits per heavy atom. The summed E-state index contributed by atoms with van der Waals surface area (Å²) in [6.07, 6.45) is 0.175. The summed E-state index contributed by atoms with van der Waals surface area (Å²) in [5.41, 5.74) is 5.73. The quantitative estimate of drug-likeness (QED) is 0.708. The summed E-state index contributed by atoms with van der Waals surface area (Å²) in [6, 6.07) is 3.32. The van der Waals surface area contributed by atoms with Gasteiger partial charge in [-0.25, -0.2) is 0 Å². The third-order valence-electron chi connectivity index (χ3n) is 3.36. The lowest BCUT2D eigenvalue weighted by atomic mass is 10.0. The van der Waals surface area contributed by atoms with Gasteiger partial charge in [-0.3, -0.25) is 25.2 Å². The van der Waals surface area contributed by atoms with Crippen molar-refractivity contribution in [2.45, 2.75) is 19.8 Å². The van der Waals surface area contributed by atoms with E-state index in [1.54, 1.807) is 12.1 Å². The number of carbonyl (C=O) groups excluding carboxylic acids is 3. The first kappa shape index (κ1) is 16.1. The van der Waals surface area contributed by atoms with Gasteiger partial charge in [-0.15, -0.1) is 0 Å². The van der Waals surface area contributed by atoms with Crippen LogP contribution in [0.4, 0.5) is 5.69 Å². The van der Waals surface area contributed by atoms with Gasteiger partial charge in [0, 0.05) is 17.5 Å². The van der Waals surface area contributed by atoms with E-state index in [4.69, 9.17) is 16.3 Å². The highest BCUT2D eigenvalue weighted by Crippen LogP contribution is 2.31. The SMILES string of the molecule is COc1cc(Cl)c(C)cc1NC(=O)CCC1C(=O)NNC1=O. The lowest BCUT2D eigenvalue weighted by Gasteiger charge is -2.12. The van der Waals surface area contributed by atoms with Crippen LogP contribution in [0.15, 0.2) is 12.1 Å². The summed E-state index contributed by atoms with van der Waals surface area (Å²) in [5.74, 6) is -1.54. The van der Waals surface area contributed by atoms with Gasteiger partial charge < -0.3 is 10.1 Å². The van der Waals surface area contributed by atoms with Crippen LogP contribution < -0.4 is 20.9 Å². The monoisotopic (exact) mass is 325 g/mol. The highest BCUT2D eigenvalue weighted by Gasteiger charge is 2.32. The topological polar surface area (TPSA) is 96.5 Å². The molecule has 1 aromatic rings. The fraction of sp³-hybridized carbons (Fsp3) is 0.357. The molecule has 1 heterocycles. The molecule has 1 aliphatic rings. The highest BCUT2D eigenvalue weighted by molar-refractivity contribution is 6.31. The number of aryl methyl sites for hydroxylation is 1. The Labute approximate surface area is 132 Å². The number of carbonyl (C=O) groups is 3. The lowest BCUT2D eigenvalue weighted by Crippen LogP contribution is -2.28. The Balaban J connectivity index is 1.99. The van der Waals surface area contributed by atoms with Crippen molar-refractivity contribution < 1.29 is 19.1 Å². The summed E-state index contributed by atoms with van der Waals surface area (Å²) >= 11 is 6.00. The maximum absolute atomic E-state index is 12.0. The summed E-state index contributed by atoms with van der Waals surface area (Å²) in [6.45, 7) is 1.81. The maximum atomic E-state index is 12.0. The fourth-order valence-electron chi connectivity index (χ4n) is 2.10. The number of anilines is 1. The number of benzene rings is 1. The Hall–Kier alpha value is -2.28. The molecule has 0 spiro atoms. The van der Waals surface area contributed by atoms with Gasteiger partial charge in [0.15, 0.2) is 0 Å². The van der Waals surface area contributed by atoms with Crippen LogP contribution in [-0.2, 0) is 14.4 Å². The standard InChI is InChI=1S/C14H16ClN3O4/c1-7-5-10(11(22-2)6-9(7)15)16-12(19)4-3-8-13(20)17-18-14(8)21/h5-6,8H,3-4H2,1-2H3,(H,16,19)(H,17,20)(H,18,21). The van der Waals surface area contributed by atoms with E-state index in [0.29, 0.717) is 16.5 Å². The number of nitrogens with one attached hydrogen (secondary N) is 3. The molecule has 0 atom stereocenters. The minimum absolute atomic E-state index is 0.0380. The summed E-state index contributed by atoms with van der Waals surface area (Å²) < 4.78 is 5.17. The van der Waals surface area contributed by atoms with Gasteiger partial charge >= 0.3 is 0 Å². The highest BCUT2D eigenvalue weighted by atomic mass is 35.5. The van der Waals surface area contributed by atoms with Crippen LogP contribution in [0.2, 0.25) is 5.02 Å². The molecule has 1 saturated heterocycles. The third-order valence-corrected chi connectivity index (χ3v) is 3.76. The number of halogens is 1. The van der Waals surface area contributed by atoms with Crippen LogP contribution in [0, 0.1) is 12.8 Å². The first-order valence-electron chi connectivity index (χ1n) is 6.66. The van der Waals surface area contributed by atoms with Crippen LogP contribution >= 0.6 is 11.6 Å². The zero-order valence-electron chi connectivity index (χ0n) is 12.2. The predicted molar refractivity (Wildman–Crippen MR) is 80.4 cm³/mol. The number of hydrogen-bond acceptors (Lipinski definition) is 4. The summed E-state index contributed by atoms with van der Waals surface area (Å²) in [4.78, 5) is 34.7. The fourth-order valence-corrected chi connectivity index (χ4v) is 2.25. The van der Waals surface area contributed by atoms with E-state index in [1.165, 1.54) is 7.11 Å². The minimum Gasteiger partial charge on any atom is -0.495 e. The average molecular weight is 326 g/mol. The van der Waals surface area contributed by atoms with Gasteiger partial charge in [-0.1, -0.05) is 11.6 Å². The van der Waals surface area contributed by atoms with Crippen molar-refractivity contribution in [3.63, 3.8) is 0 Å². The van der Waals surface area contributed by atoms with E-state index in [9.17, 15) is 14.4 Å². The first-order chi connectivity index (χ1) is 10.4. The van der Waals surface area contributed by atoms with Crippen LogP contribution in [0.25, 0.3) is 0 Å². The van der Waals surface area contributed by atoms with E-state index in [-0.39, 0.29) is 18.7 Å². The predicted octanol–water partition coefficient (Wildman–Crippen LogP) is 1.15. The minimum atomic E-state index is -0.834. The molecule has 3 amide bonds. The van der Waals surface area contributed by atoms with Gasteiger partial charge in [-0.2, -0.15) is 0 Å². The Morgan fingerprint density at radius 2 is 1.95 bits per heavy atom. The largest absolute Gasteiger partial charge is 0.495 e. The molecule has 7 nitrogen and oxygen atoms in total. The van der Waals surface area contributed by atoms with E-state index in [1.807, 2.05) is 6.92 Å². The van der Waals surface area contributed by atoms with Crippen molar-refractivity contribution in [3.8, 4) is 5.75 Å². The maximum Gasteiger partial charge on any atom is 0.251 e. The molecule has 0 radical (unpaired) electrons. The molecule has 118 valence electrons. The lowest BCUT2D eigenvalue weighted by molar-refractivity contribution is -0.128. The molecular weight excluding hydrogens is 310 g/mol. The molecule has 0 aromatic heterocycles. The van der Waals surface area contributed by atoms with Crippen molar-refractivity contribution in [3.05, 3.63) is 22.7 Å². The molecule has 1 aromatic carbocycles. The average Bonchev–Trinajstić information content (AvgIpc) is 2.79. The molecule has 0 saturated carbocycles. The van der Waals surface area contributed by atoms with Crippen LogP contribution in [0.3, 0.4) is 0 Å². The molecular formula is C14H16ClN3O4. The van der Waals surface area contributed by atoms with Gasteiger partial charge in [0.1, 0.15) is 11.7 Å².